The lowest BCUT2D eigenvalue weighted by Gasteiger charge is -2.23. The maximum absolute atomic E-state index is 13.4. The van der Waals surface area contributed by atoms with Crippen molar-refractivity contribution in [3.8, 4) is 0 Å². The molecule has 0 unspecified atom stereocenters. The van der Waals surface area contributed by atoms with E-state index in [1.54, 1.807) is 24.3 Å². The number of nitrogens with zero attached hydrogens (tertiary/aromatic N) is 1. The summed E-state index contributed by atoms with van der Waals surface area (Å²) in [6.07, 6.45) is 0. The lowest BCUT2D eigenvalue weighted by molar-refractivity contribution is -0.122. The number of carbonyl (C=O) groups excluding carboxylic acids is 1. The van der Waals surface area contributed by atoms with E-state index in [1.807, 2.05) is 69.3 Å². The average Bonchev–Trinajstić information content (AvgIpc) is 2.75. The second kappa shape index (κ2) is 10.4. The lowest BCUT2D eigenvalue weighted by Crippen LogP contribution is -2.41. The molecule has 7 heteroatoms. The van der Waals surface area contributed by atoms with Crippen molar-refractivity contribution in [2.75, 3.05) is 6.54 Å². The van der Waals surface area contributed by atoms with Crippen LogP contribution in [0.5, 0.6) is 0 Å². The van der Waals surface area contributed by atoms with Crippen molar-refractivity contribution in [2.45, 2.75) is 38.3 Å². The van der Waals surface area contributed by atoms with Gasteiger partial charge in [0.15, 0.2) is 0 Å². The molecule has 5 nitrogen and oxygen atoms in total. The summed E-state index contributed by atoms with van der Waals surface area (Å²) in [5, 5.41) is 2.92. The highest BCUT2D eigenvalue weighted by atomic mass is 79.9. The van der Waals surface area contributed by atoms with Gasteiger partial charge in [0.05, 0.1) is 17.5 Å². The lowest BCUT2D eigenvalue weighted by atomic mass is 10.1. The number of hydrogen-bond acceptors (Lipinski definition) is 3. The molecule has 32 heavy (non-hydrogen) atoms. The predicted molar refractivity (Wildman–Crippen MR) is 131 cm³/mol. The van der Waals surface area contributed by atoms with E-state index in [-0.39, 0.29) is 29.9 Å². The molecule has 3 rings (SSSR count). The molecule has 0 aliphatic heterocycles. The van der Waals surface area contributed by atoms with Crippen LogP contribution in [0.2, 0.25) is 0 Å². The number of halogens is 1. The van der Waals surface area contributed by atoms with E-state index in [2.05, 4.69) is 21.2 Å². The summed E-state index contributed by atoms with van der Waals surface area (Å²) in [5.74, 6) is -0.361. The van der Waals surface area contributed by atoms with E-state index in [9.17, 15) is 13.2 Å². The monoisotopic (exact) mass is 514 g/mol. The number of carbonyl (C=O) groups is 1. The van der Waals surface area contributed by atoms with Crippen LogP contribution in [0.4, 0.5) is 0 Å². The number of amides is 1. The summed E-state index contributed by atoms with van der Waals surface area (Å²) in [6, 6.07) is 21.7. The number of sulfonamides is 1. The van der Waals surface area contributed by atoms with Gasteiger partial charge >= 0.3 is 0 Å². The fourth-order valence-electron chi connectivity index (χ4n) is 3.29. The molecule has 0 aromatic heterocycles. The second-order valence-corrected chi connectivity index (χ2v) is 10.8. The maximum atomic E-state index is 13.4. The standard InChI is InChI=1S/C25H27BrN2O3S/c1-18-7-11-21(12-8-18)16-28(32(30,31)24-13-9-19(2)10-14-24)17-25(29)27-20(3)22-5-4-6-23(26)15-22/h4-15,20H,16-17H2,1-3H3,(H,27,29)/t20-/m1/s1. The minimum absolute atomic E-state index is 0.106. The van der Waals surface area contributed by atoms with Crippen molar-refractivity contribution < 1.29 is 13.2 Å². The Labute approximate surface area is 198 Å². The third-order valence-corrected chi connectivity index (χ3v) is 7.48. The van der Waals surface area contributed by atoms with E-state index in [0.717, 1.165) is 26.7 Å². The van der Waals surface area contributed by atoms with Crippen LogP contribution in [0, 0.1) is 13.8 Å². The summed E-state index contributed by atoms with van der Waals surface area (Å²) in [4.78, 5) is 13.0. The maximum Gasteiger partial charge on any atom is 0.243 e. The Hall–Kier alpha value is -2.48. The molecule has 0 heterocycles. The van der Waals surface area contributed by atoms with Gasteiger partial charge in [-0.05, 0) is 56.2 Å². The number of benzene rings is 3. The number of rotatable bonds is 8. The molecule has 0 saturated carbocycles. The largest absolute Gasteiger partial charge is 0.348 e. The van der Waals surface area contributed by atoms with Gasteiger partial charge in [-0.1, -0.05) is 75.6 Å². The van der Waals surface area contributed by atoms with Gasteiger partial charge in [0.1, 0.15) is 0 Å². The first-order valence-electron chi connectivity index (χ1n) is 10.3. The van der Waals surface area contributed by atoms with Gasteiger partial charge < -0.3 is 5.32 Å². The molecule has 0 fully saturated rings. The molecule has 0 aliphatic carbocycles. The number of aryl methyl sites for hydroxylation is 2. The van der Waals surface area contributed by atoms with Crippen molar-refractivity contribution in [1.29, 1.82) is 0 Å². The molecule has 3 aromatic carbocycles. The normalized spacial score (nSPS) is 12.5. The van der Waals surface area contributed by atoms with Crippen LogP contribution in [0.1, 0.15) is 35.2 Å². The van der Waals surface area contributed by atoms with Gasteiger partial charge in [-0.2, -0.15) is 4.31 Å². The fourth-order valence-corrected chi connectivity index (χ4v) is 5.09. The summed E-state index contributed by atoms with van der Waals surface area (Å²) in [6.45, 7) is 5.58. The first kappa shape index (κ1) is 24.2. The van der Waals surface area contributed by atoms with Crippen molar-refractivity contribution in [2.24, 2.45) is 0 Å². The summed E-state index contributed by atoms with van der Waals surface area (Å²) in [5.41, 5.74) is 3.80. The molecule has 0 saturated heterocycles. The second-order valence-electron chi connectivity index (χ2n) is 7.92. The summed E-state index contributed by atoms with van der Waals surface area (Å²) >= 11 is 3.44. The molecule has 0 radical (unpaired) electrons. The molecule has 0 bridgehead atoms. The van der Waals surface area contributed by atoms with Crippen molar-refractivity contribution in [1.82, 2.24) is 9.62 Å². The molecule has 1 N–H and O–H groups in total. The van der Waals surface area contributed by atoms with Crippen LogP contribution in [-0.2, 0) is 21.4 Å². The SMILES string of the molecule is Cc1ccc(CN(CC(=O)N[C@H](C)c2cccc(Br)c2)S(=O)(=O)c2ccc(C)cc2)cc1. The Morgan fingerprint density at radius 2 is 1.56 bits per heavy atom. The minimum Gasteiger partial charge on any atom is -0.348 e. The van der Waals surface area contributed by atoms with Gasteiger partial charge in [0.2, 0.25) is 15.9 Å². The zero-order chi connectivity index (χ0) is 23.3. The van der Waals surface area contributed by atoms with Crippen LogP contribution >= 0.6 is 15.9 Å². The first-order chi connectivity index (χ1) is 15.1. The van der Waals surface area contributed by atoms with Crippen molar-refractivity contribution in [3.05, 3.63) is 99.5 Å². The molecule has 0 spiro atoms. The van der Waals surface area contributed by atoms with E-state index < -0.39 is 10.0 Å². The smallest absolute Gasteiger partial charge is 0.243 e. The zero-order valence-electron chi connectivity index (χ0n) is 18.4. The fraction of sp³-hybridized carbons (Fsp3) is 0.240. The zero-order valence-corrected chi connectivity index (χ0v) is 20.8. The Kier molecular flexibility index (Phi) is 7.87. The van der Waals surface area contributed by atoms with Crippen LogP contribution in [0.3, 0.4) is 0 Å². The molecule has 1 amide bonds. The molecule has 0 aliphatic rings. The Bertz CT molecular complexity index is 1180. The highest BCUT2D eigenvalue weighted by Crippen LogP contribution is 2.21. The Balaban J connectivity index is 1.83. The molecule has 1 atom stereocenters. The van der Waals surface area contributed by atoms with Crippen LogP contribution < -0.4 is 5.32 Å². The third-order valence-electron chi connectivity index (χ3n) is 5.18. The van der Waals surface area contributed by atoms with Gasteiger partial charge in [0.25, 0.3) is 0 Å². The Morgan fingerprint density at radius 1 is 0.969 bits per heavy atom. The molecule has 3 aromatic rings. The van der Waals surface area contributed by atoms with E-state index in [1.165, 1.54) is 4.31 Å². The highest BCUT2D eigenvalue weighted by Gasteiger charge is 2.27. The van der Waals surface area contributed by atoms with E-state index >= 15 is 0 Å². The van der Waals surface area contributed by atoms with Crippen LogP contribution in [0.25, 0.3) is 0 Å². The number of hydrogen-bond donors (Lipinski definition) is 1. The quantitative estimate of drug-likeness (QED) is 0.452. The first-order valence-corrected chi connectivity index (χ1v) is 12.6. The van der Waals surface area contributed by atoms with Gasteiger partial charge in [-0.15, -0.1) is 0 Å². The molecule has 168 valence electrons. The van der Waals surface area contributed by atoms with Crippen LogP contribution in [-0.4, -0.2) is 25.2 Å². The number of nitrogens with one attached hydrogen (secondary N) is 1. The summed E-state index contributed by atoms with van der Waals surface area (Å²) < 4.78 is 28.9. The van der Waals surface area contributed by atoms with Gasteiger partial charge in [-0.25, -0.2) is 8.42 Å². The Morgan fingerprint density at radius 3 is 2.16 bits per heavy atom. The van der Waals surface area contributed by atoms with Gasteiger partial charge in [-0.3, -0.25) is 4.79 Å². The minimum atomic E-state index is -3.86. The van der Waals surface area contributed by atoms with Crippen molar-refractivity contribution >= 4 is 31.9 Å². The highest BCUT2D eigenvalue weighted by molar-refractivity contribution is 9.10. The van der Waals surface area contributed by atoms with Gasteiger partial charge in [0, 0.05) is 11.0 Å². The predicted octanol–water partition coefficient (Wildman–Crippen LogP) is 5.13. The van der Waals surface area contributed by atoms with Crippen molar-refractivity contribution in [3.63, 3.8) is 0 Å². The topological polar surface area (TPSA) is 66.5 Å². The van der Waals surface area contributed by atoms with E-state index in [0.29, 0.717) is 0 Å². The third kappa shape index (κ3) is 6.28. The molecular formula is C25H27BrN2O3S. The average molecular weight is 515 g/mol. The summed E-state index contributed by atoms with van der Waals surface area (Å²) in [7, 11) is -3.86. The van der Waals surface area contributed by atoms with E-state index in [4.69, 9.17) is 0 Å². The van der Waals surface area contributed by atoms with Crippen LogP contribution in [0.15, 0.2) is 82.2 Å². The molecular weight excluding hydrogens is 488 g/mol.